The highest BCUT2D eigenvalue weighted by Gasteiger charge is 2.54. The van der Waals surface area contributed by atoms with E-state index in [4.69, 9.17) is 0 Å². The third-order valence-electron chi connectivity index (χ3n) is 4.19. The van der Waals surface area contributed by atoms with Crippen LogP contribution in [0.5, 0.6) is 0 Å². The molecule has 0 aliphatic carbocycles. The van der Waals surface area contributed by atoms with E-state index in [1.807, 2.05) is 0 Å². The smallest absolute Gasteiger partial charge is 0.0863 e. The number of hydrogen-bond acceptors (Lipinski definition) is 3. The van der Waals surface area contributed by atoms with Gasteiger partial charge in [0.1, 0.15) is 0 Å². The van der Waals surface area contributed by atoms with Gasteiger partial charge in [0.25, 0.3) is 0 Å². The normalized spacial score (nSPS) is 54.5. The van der Waals surface area contributed by atoms with Crippen molar-refractivity contribution in [2.75, 3.05) is 13.1 Å². The molecule has 0 spiro atoms. The minimum Gasteiger partial charge on any atom is -0.390 e. The van der Waals surface area contributed by atoms with E-state index in [0.717, 1.165) is 19.0 Å². The van der Waals surface area contributed by atoms with Gasteiger partial charge in [-0.1, -0.05) is 6.92 Å². The zero-order chi connectivity index (χ0) is 9.00. The Hall–Kier alpha value is -0.120. The first-order valence-corrected chi connectivity index (χ1v) is 5.48. The van der Waals surface area contributed by atoms with Crippen LogP contribution in [0.15, 0.2) is 0 Å². The molecule has 3 saturated heterocycles. The fourth-order valence-corrected chi connectivity index (χ4v) is 3.65. The summed E-state index contributed by atoms with van der Waals surface area (Å²) in [4.78, 5) is 2.50. The van der Waals surface area contributed by atoms with Gasteiger partial charge in [-0.05, 0) is 31.8 Å². The van der Waals surface area contributed by atoms with E-state index in [1.54, 1.807) is 0 Å². The van der Waals surface area contributed by atoms with Crippen molar-refractivity contribution in [3.63, 3.8) is 0 Å². The molecule has 2 N–H and O–H groups in total. The fraction of sp³-hybridized carbons (Fsp3) is 1.00. The summed E-state index contributed by atoms with van der Waals surface area (Å²) in [7, 11) is 0. The zero-order valence-electron chi connectivity index (χ0n) is 8.11. The molecule has 0 aromatic carbocycles. The van der Waals surface area contributed by atoms with Crippen molar-refractivity contribution in [2.24, 2.45) is 5.92 Å². The van der Waals surface area contributed by atoms with Crippen molar-refractivity contribution in [3.05, 3.63) is 0 Å². The van der Waals surface area contributed by atoms with E-state index in [0.29, 0.717) is 18.1 Å². The highest BCUT2D eigenvalue weighted by atomic mass is 16.3. The summed E-state index contributed by atoms with van der Waals surface area (Å²) >= 11 is 0. The van der Waals surface area contributed by atoms with E-state index in [2.05, 4.69) is 17.1 Å². The number of nitrogens with one attached hydrogen (secondary N) is 1. The summed E-state index contributed by atoms with van der Waals surface area (Å²) in [5, 5.41) is 13.6. The van der Waals surface area contributed by atoms with Crippen LogP contribution in [0.2, 0.25) is 0 Å². The zero-order valence-corrected chi connectivity index (χ0v) is 8.11. The number of piperidine rings is 2. The molecule has 3 bridgehead atoms. The first kappa shape index (κ1) is 8.21. The number of aliphatic hydroxyl groups is 1. The van der Waals surface area contributed by atoms with E-state index < -0.39 is 0 Å². The molecule has 0 amide bonds. The number of fused-ring (bicyclic) bond motifs is 2. The van der Waals surface area contributed by atoms with Gasteiger partial charge in [0, 0.05) is 12.1 Å². The van der Waals surface area contributed by atoms with Crippen LogP contribution in [0.25, 0.3) is 0 Å². The summed E-state index contributed by atoms with van der Waals surface area (Å²) < 4.78 is 0. The second-order valence-corrected chi connectivity index (χ2v) is 4.73. The third kappa shape index (κ3) is 0.953. The maximum Gasteiger partial charge on any atom is 0.0863 e. The highest BCUT2D eigenvalue weighted by Crippen LogP contribution is 2.41. The van der Waals surface area contributed by atoms with Crippen molar-refractivity contribution in [1.82, 2.24) is 10.2 Å². The van der Waals surface area contributed by atoms with Crippen LogP contribution in [-0.2, 0) is 0 Å². The van der Waals surface area contributed by atoms with Crippen LogP contribution in [0.4, 0.5) is 0 Å². The van der Waals surface area contributed by atoms with Crippen molar-refractivity contribution in [3.8, 4) is 0 Å². The van der Waals surface area contributed by atoms with Gasteiger partial charge in [-0.25, -0.2) is 0 Å². The number of likely N-dealkylation sites (N-methyl/N-ethyl adjacent to an activating group) is 1. The number of hydrogen-bond donors (Lipinski definition) is 2. The monoisotopic (exact) mass is 182 g/mol. The Kier molecular flexibility index (Phi) is 1.70. The van der Waals surface area contributed by atoms with E-state index in [9.17, 15) is 5.11 Å². The quantitative estimate of drug-likeness (QED) is 0.589. The van der Waals surface area contributed by atoms with Crippen molar-refractivity contribution < 1.29 is 5.11 Å². The first-order valence-electron chi connectivity index (χ1n) is 5.48. The first-order chi connectivity index (χ1) is 6.31. The lowest BCUT2D eigenvalue weighted by Crippen LogP contribution is -2.54. The Morgan fingerprint density at radius 2 is 2.15 bits per heavy atom. The molecule has 74 valence electrons. The van der Waals surface area contributed by atoms with Crippen LogP contribution in [-0.4, -0.2) is 47.3 Å². The Morgan fingerprint density at radius 1 is 1.38 bits per heavy atom. The SMILES string of the molecule is CCN1[C@@H]2C[C@H]3CNC([C@@H]2O)[C@@H]1C3. The van der Waals surface area contributed by atoms with Gasteiger partial charge in [-0.2, -0.15) is 0 Å². The van der Waals surface area contributed by atoms with Gasteiger partial charge in [0.2, 0.25) is 0 Å². The molecule has 3 aliphatic rings. The fourth-order valence-electron chi connectivity index (χ4n) is 3.65. The Morgan fingerprint density at radius 3 is 2.92 bits per heavy atom. The minimum absolute atomic E-state index is 0.113. The summed E-state index contributed by atoms with van der Waals surface area (Å²) in [6, 6.07) is 1.44. The molecule has 0 aromatic heterocycles. The van der Waals surface area contributed by atoms with Gasteiger partial charge in [0.05, 0.1) is 12.1 Å². The van der Waals surface area contributed by atoms with Crippen LogP contribution >= 0.6 is 0 Å². The topological polar surface area (TPSA) is 35.5 Å². The Balaban J connectivity index is 1.94. The van der Waals surface area contributed by atoms with Crippen LogP contribution in [0, 0.1) is 5.92 Å². The lowest BCUT2D eigenvalue weighted by atomic mass is 9.88. The van der Waals surface area contributed by atoms with Crippen LogP contribution in [0.1, 0.15) is 19.8 Å². The Labute approximate surface area is 79.1 Å². The van der Waals surface area contributed by atoms with E-state index in [-0.39, 0.29) is 6.10 Å². The second-order valence-electron chi connectivity index (χ2n) is 4.73. The summed E-state index contributed by atoms with van der Waals surface area (Å²) in [6.07, 6.45) is 2.39. The van der Waals surface area contributed by atoms with Crippen molar-refractivity contribution in [1.29, 1.82) is 0 Å². The molecule has 0 aromatic rings. The van der Waals surface area contributed by atoms with Crippen molar-refractivity contribution in [2.45, 2.75) is 44.0 Å². The Bertz CT molecular complexity index is 217. The third-order valence-corrected chi connectivity index (χ3v) is 4.19. The largest absolute Gasteiger partial charge is 0.390 e. The van der Waals surface area contributed by atoms with Crippen molar-refractivity contribution >= 4 is 0 Å². The van der Waals surface area contributed by atoms with E-state index >= 15 is 0 Å². The second kappa shape index (κ2) is 2.69. The molecule has 1 unspecified atom stereocenters. The number of nitrogens with zero attached hydrogens (tertiary/aromatic N) is 1. The van der Waals surface area contributed by atoms with Crippen LogP contribution < -0.4 is 5.32 Å². The standard InChI is InChI=1S/C10H18N2O/c1-2-12-7-3-6-4-8(12)10(13)9(7)11-5-6/h6-11,13H,2-5H2,1H3/t6-,7-,8+,9?,10+/m0/s1. The molecule has 5 atom stereocenters. The molecule has 3 nitrogen and oxygen atoms in total. The number of aliphatic hydroxyl groups excluding tert-OH is 1. The molecule has 3 rings (SSSR count). The van der Waals surface area contributed by atoms with Crippen LogP contribution in [0.3, 0.4) is 0 Å². The van der Waals surface area contributed by atoms with E-state index in [1.165, 1.54) is 12.8 Å². The predicted octanol–water partition coefficient (Wildman–Crippen LogP) is -0.198. The summed E-state index contributed by atoms with van der Waals surface area (Å²) in [6.45, 7) is 4.43. The lowest BCUT2D eigenvalue weighted by molar-refractivity contribution is 0.0664. The molecule has 0 saturated carbocycles. The minimum atomic E-state index is -0.113. The molecule has 3 heteroatoms. The summed E-state index contributed by atoms with van der Waals surface area (Å²) in [5.41, 5.74) is 0. The van der Waals surface area contributed by atoms with Gasteiger partial charge in [-0.15, -0.1) is 0 Å². The highest BCUT2D eigenvalue weighted by molar-refractivity contribution is 5.11. The van der Waals surface area contributed by atoms with Gasteiger partial charge >= 0.3 is 0 Å². The maximum atomic E-state index is 10.1. The van der Waals surface area contributed by atoms with Gasteiger partial charge in [0.15, 0.2) is 0 Å². The molecule has 3 fully saturated rings. The molecule has 13 heavy (non-hydrogen) atoms. The average Bonchev–Trinajstić information content (AvgIpc) is 2.27. The summed E-state index contributed by atoms with van der Waals surface area (Å²) in [5.74, 6) is 0.825. The number of rotatable bonds is 1. The average molecular weight is 182 g/mol. The molecule has 3 aliphatic heterocycles. The molecular weight excluding hydrogens is 164 g/mol. The predicted molar refractivity (Wildman–Crippen MR) is 50.5 cm³/mol. The molecule has 3 heterocycles. The van der Waals surface area contributed by atoms with Gasteiger partial charge in [-0.3, -0.25) is 4.90 Å². The van der Waals surface area contributed by atoms with Gasteiger partial charge < -0.3 is 10.4 Å². The molecular formula is C10H18N2O. The maximum absolute atomic E-state index is 10.1. The lowest BCUT2D eigenvalue weighted by Gasteiger charge is -2.42. The molecule has 0 radical (unpaired) electrons.